The molecule has 1 aliphatic carbocycles. The molecule has 0 radical (unpaired) electrons. The minimum absolute atomic E-state index is 0.0352. The maximum Gasteiger partial charge on any atom is 0.407 e. The van der Waals surface area contributed by atoms with Crippen molar-refractivity contribution in [2.24, 2.45) is 5.92 Å². The molecule has 7 nitrogen and oxygen atoms in total. The van der Waals surface area contributed by atoms with Crippen molar-refractivity contribution in [2.75, 3.05) is 13.2 Å². The summed E-state index contributed by atoms with van der Waals surface area (Å²) in [6.45, 7) is 4.75. The fourth-order valence-corrected chi connectivity index (χ4v) is 4.57. The topological polar surface area (TPSA) is 105 Å². The average Bonchev–Trinajstić information content (AvgIpc) is 3.17. The fraction of sp³-hybridized carbons (Fsp3) is 0.464. The number of carbonyl (C=O) groups is 3. The first kappa shape index (κ1) is 26.3. The summed E-state index contributed by atoms with van der Waals surface area (Å²) in [7, 11) is 0. The molecule has 0 aliphatic heterocycles. The molecule has 188 valence electrons. The van der Waals surface area contributed by atoms with Crippen molar-refractivity contribution in [3.8, 4) is 11.1 Å². The molecule has 3 N–H and O–H groups in total. The molecule has 2 aromatic rings. The molecule has 2 unspecified atom stereocenters. The number of nitrogens with one attached hydrogen (secondary N) is 2. The molecule has 0 bridgehead atoms. The van der Waals surface area contributed by atoms with E-state index in [4.69, 9.17) is 9.84 Å². The lowest BCUT2D eigenvalue weighted by Crippen LogP contribution is -2.35. The predicted octanol–water partition coefficient (Wildman–Crippen LogP) is 5.09. The summed E-state index contributed by atoms with van der Waals surface area (Å²) in [6.07, 6.45) is 2.60. The van der Waals surface area contributed by atoms with Gasteiger partial charge in [0.15, 0.2) is 0 Å². The van der Waals surface area contributed by atoms with Gasteiger partial charge in [-0.3, -0.25) is 9.59 Å². The van der Waals surface area contributed by atoms with E-state index < -0.39 is 12.1 Å². The second-order valence-electron chi connectivity index (χ2n) is 9.29. The Morgan fingerprint density at radius 3 is 2.17 bits per heavy atom. The third-order valence-electron chi connectivity index (χ3n) is 6.68. The third-order valence-corrected chi connectivity index (χ3v) is 6.68. The van der Waals surface area contributed by atoms with Gasteiger partial charge in [0.25, 0.3) is 0 Å². The number of ether oxygens (including phenoxy) is 1. The monoisotopic (exact) mass is 480 g/mol. The van der Waals surface area contributed by atoms with E-state index in [0.717, 1.165) is 6.42 Å². The molecular weight excluding hydrogens is 444 g/mol. The lowest BCUT2D eigenvalue weighted by atomic mass is 9.98. The Labute approximate surface area is 207 Å². The highest BCUT2D eigenvalue weighted by molar-refractivity contribution is 5.79. The number of carboxylic acids is 1. The predicted molar refractivity (Wildman–Crippen MR) is 135 cm³/mol. The number of carboxylic acid groups (broad SMARTS) is 1. The summed E-state index contributed by atoms with van der Waals surface area (Å²) in [6, 6.07) is 16.4. The van der Waals surface area contributed by atoms with Gasteiger partial charge in [-0.15, -0.1) is 0 Å². The van der Waals surface area contributed by atoms with Crippen LogP contribution in [0.25, 0.3) is 11.1 Å². The van der Waals surface area contributed by atoms with Crippen molar-refractivity contribution < 1.29 is 24.2 Å². The number of fused-ring (bicyclic) bond motifs is 3. The molecule has 2 amide bonds. The minimum Gasteiger partial charge on any atom is -0.481 e. The van der Waals surface area contributed by atoms with Crippen LogP contribution in [-0.4, -0.2) is 42.3 Å². The Kier molecular flexibility index (Phi) is 9.70. The van der Waals surface area contributed by atoms with Crippen molar-refractivity contribution >= 4 is 18.0 Å². The molecular formula is C28H36N2O5. The normalized spacial score (nSPS) is 13.9. The second kappa shape index (κ2) is 12.9. The van der Waals surface area contributed by atoms with Crippen LogP contribution in [0, 0.1) is 5.92 Å². The largest absolute Gasteiger partial charge is 0.481 e. The Bertz CT molecular complexity index is 976. The molecule has 0 aromatic heterocycles. The molecule has 3 rings (SSSR count). The maximum absolute atomic E-state index is 12.3. The summed E-state index contributed by atoms with van der Waals surface area (Å²) in [5.74, 6) is -0.615. The van der Waals surface area contributed by atoms with E-state index in [0.29, 0.717) is 32.2 Å². The number of benzene rings is 2. The van der Waals surface area contributed by atoms with Crippen LogP contribution in [0.3, 0.4) is 0 Å². The first-order valence-electron chi connectivity index (χ1n) is 12.5. The number of carbonyl (C=O) groups excluding carboxylic acids is 2. The van der Waals surface area contributed by atoms with Crippen LogP contribution in [0.4, 0.5) is 4.79 Å². The Balaban J connectivity index is 1.35. The smallest absolute Gasteiger partial charge is 0.407 e. The molecule has 2 aromatic carbocycles. The third kappa shape index (κ3) is 7.57. The zero-order valence-corrected chi connectivity index (χ0v) is 20.6. The van der Waals surface area contributed by atoms with E-state index in [1.807, 2.05) is 31.2 Å². The molecule has 0 spiro atoms. The summed E-state index contributed by atoms with van der Waals surface area (Å²) >= 11 is 0. The fourth-order valence-electron chi connectivity index (χ4n) is 4.57. The van der Waals surface area contributed by atoms with Gasteiger partial charge in [0.05, 0.1) is 0 Å². The number of rotatable bonds is 13. The van der Waals surface area contributed by atoms with E-state index in [1.165, 1.54) is 22.3 Å². The van der Waals surface area contributed by atoms with E-state index >= 15 is 0 Å². The zero-order chi connectivity index (χ0) is 25.2. The Morgan fingerprint density at radius 1 is 0.943 bits per heavy atom. The van der Waals surface area contributed by atoms with Crippen molar-refractivity contribution in [1.29, 1.82) is 0 Å². The highest BCUT2D eigenvalue weighted by Gasteiger charge is 2.29. The van der Waals surface area contributed by atoms with Crippen molar-refractivity contribution in [1.82, 2.24) is 10.6 Å². The van der Waals surface area contributed by atoms with Gasteiger partial charge in [-0.25, -0.2) is 4.79 Å². The number of amides is 2. The van der Waals surface area contributed by atoms with E-state index in [-0.39, 0.29) is 36.8 Å². The molecule has 0 fully saturated rings. The quantitative estimate of drug-likeness (QED) is 0.370. The summed E-state index contributed by atoms with van der Waals surface area (Å²) < 4.78 is 5.56. The van der Waals surface area contributed by atoms with Gasteiger partial charge in [0.2, 0.25) is 5.91 Å². The van der Waals surface area contributed by atoms with Gasteiger partial charge in [0.1, 0.15) is 6.61 Å². The van der Waals surface area contributed by atoms with Gasteiger partial charge < -0.3 is 20.5 Å². The van der Waals surface area contributed by atoms with Gasteiger partial charge in [-0.2, -0.15) is 0 Å². The molecule has 7 heteroatoms. The number of aliphatic carboxylic acids is 1. The van der Waals surface area contributed by atoms with E-state index in [2.05, 4.69) is 41.8 Å². The molecule has 0 saturated carbocycles. The van der Waals surface area contributed by atoms with Crippen LogP contribution in [0.2, 0.25) is 0 Å². The SMILES string of the molecule is CCC(CCC(=O)O)NC(=O)CCC(C)CCNC(=O)OCC1c2ccccc2-c2ccccc21. The summed E-state index contributed by atoms with van der Waals surface area (Å²) in [5.41, 5.74) is 4.76. The highest BCUT2D eigenvalue weighted by atomic mass is 16.5. The average molecular weight is 481 g/mol. The van der Waals surface area contributed by atoms with Crippen molar-refractivity contribution in [2.45, 2.75) is 64.3 Å². The Morgan fingerprint density at radius 2 is 1.57 bits per heavy atom. The zero-order valence-electron chi connectivity index (χ0n) is 20.6. The van der Waals surface area contributed by atoms with Gasteiger partial charge >= 0.3 is 12.1 Å². The van der Waals surface area contributed by atoms with Crippen LogP contribution in [0.15, 0.2) is 48.5 Å². The summed E-state index contributed by atoms with van der Waals surface area (Å²) in [5, 5.41) is 14.5. The Hall–Kier alpha value is -3.35. The second-order valence-corrected chi connectivity index (χ2v) is 9.29. The minimum atomic E-state index is -0.852. The highest BCUT2D eigenvalue weighted by Crippen LogP contribution is 2.44. The first-order valence-corrected chi connectivity index (χ1v) is 12.5. The lowest BCUT2D eigenvalue weighted by molar-refractivity contribution is -0.137. The number of alkyl carbamates (subject to hydrolysis) is 1. The van der Waals surface area contributed by atoms with Gasteiger partial charge in [-0.1, -0.05) is 62.4 Å². The van der Waals surface area contributed by atoms with Crippen LogP contribution < -0.4 is 10.6 Å². The number of hydrogen-bond donors (Lipinski definition) is 3. The maximum atomic E-state index is 12.3. The summed E-state index contributed by atoms with van der Waals surface area (Å²) in [4.78, 5) is 35.2. The van der Waals surface area contributed by atoms with E-state index in [9.17, 15) is 14.4 Å². The molecule has 0 saturated heterocycles. The van der Waals surface area contributed by atoms with Crippen LogP contribution >= 0.6 is 0 Å². The van der Waals surface area contributed by atoms with Crippen LogP contribution in [0.1, 0.15) is 69.4 Å². The lowest BCUT2D eigenvalue weighted by Gasteiger charge is -2.17. The standard InChI is InChI=1S/C28H36N2O5/c1-3-20(13-15-27(32)33)30-26(31)14-12-19(2)16-17-29-28(34)35-18-25-23-10-6-4-8-21(23)22-9-5-7-11-24(22)25/h4-11,19-20,25H,3,12-18H2,1-2H3,(H,29,34)(H,30,31)(H,32,33). The number of hydrogen-bond acceptors (Lipinski definition) is 4. The van der Waals surface area contributed by atoms with Crippen LogP contribution in [0.5, 0.6) is 0 Å². The van der Waals surface area contributed by atoms with Gasteiger partial charge in [-0.05, 0) is 53.9 Å². The molecule has 1 aliphatic rings. The van der Waals surface area contributed by atoms with Crippen molar-refractivity contribution in [3.05, 3.63) is 59.7 Å². The molecule has 35 heavy (non-hydrogen) atoms. The molecule has 2 atom stereocenters. The van der Waals surface area contributed by atoms with Crippen molar-refractivity contribution in [3.63, 3.8) is 0 Å². The molecule has 0 heterocycles. The van der Waals surface area contributed by atoms with E-state index in [1.54, 1.807) is 0 Å². The van der Waals surface area contributed by atoms with Gasteiger partial charge in [0, 0.05) is 31.3 Å². The first-order chi connectivity index (χ1) is 16.9. The van der Waals surface area contributed by atoms with Crippen LogP contribution in [-0.2, 0) is 14.3 Å².